The van der Waals surface area contributed by atoms with E-state index >= 15 is 0 Å². The van der Waals surface area contributed by atoms with Gasteiger partial charge in [-0.2, -0.15) is 0 Å². The molecular weight excluding hydrogens is 270 g/mol. The molecule has 0 aliphatic heterocycles. The third-order valence-corrected chi connectivity index (χ3v) is 3.86. The normalized spacial score (nSPS) is 10.9. The molecule has 6 heteroatoms. The van der Waals surface area contributed by atoms with Crippen molar-refractivity contribution >= 4 is 33.2 Å². The fraction of sp³-hybridized carbons (Fsp3) is 0.0833. The lowest BCUT2D eigenvalue weighted by atomic mass is 10.2. The van der Waals surface area contributed by atoms with Crippen LogP contribution in [0.5, 0.6) is 0 Å². The first-order valence-electron chi connectivity index (χ1n) is 5.27. The summed E-state index contributed by atoms with van der Waals surface area (Å²) in [6.07, 6.45) is 4.77. The average molecular weight is 278 g/mol. The molecule has 0 unspecified atom stereocenters. The fourth-order valence-electron chi connectivity index (χ4n) is 1.71. The molecule has 3 aromatic heterocycles. The molecule has 0 aliphatic rings. The van der Waals surface area contributed by atoms with E-state index in [0.717, 1.165) is 11.1 Å². The molecule has 0 bridgehead atoms. The minimum Gasteiger partial charge on any atom is -0.293 e. The summed E-state index contributed by atoms with van der Waals surface area (Å²) >= 11 is 7.43. The van der Waals surface area contributed by atoms with Gasteiger partial charge in [-0.05, 0) is 23.1 Å². The van der Waals surface area contributed by atoms with Crippen LogP contribution in [0.15, 0.2) is 41.0 Å². The number of pyridine rings is 1. The van der Waals surface area contributed by atoms with Crippen molar-refractivity contribution in [2.24, 2.45) is 0 Å². The molecule has 0 amide bonds. The van der Waals surface area contributed by atoms with E-state index in [1.165, 1.54) is 11.3 Å². The van der Waals surface area contributed by atoms with Crippen LogP contribution in [0.4, 0.5) is 0 Å². The van der Waals surface area contributed by atoms with E-state index in [0.29, 0.717) is 16.3 Å². The number of halogens is 1. The summed E-state index contributed by atoms with van der Waals surface area (Å²) in [6, 6.07) is 3.64. The molecule has 3 heterocycles. The molecule has 0 N–H and O–H groups in total. The number of fused-ring (bicyclic) bond motifs is 1. The average Bonchev–Trinajstić information content (AvgIpc) is 2.84. The van der Waals surface area contributed by atoms with Crippen molar-refractivity contribution in [1.29, 1.82) is 0 Å². The van der Waals surface area contributed by atoms with E-state index in [4.69, 9.17) is 11.6 Å². The van der Waals surface area contributed by atoms with Crippen LogP contribution in [0.1, 0.15) is 5.56 Å². The van der Waals surface area contributed by atoms with Gasteiger partial charge in [-0.1, -0.05) is 11.6 Å². The Morgan fingerprint density at radius 2 is 2.28 bits per heavy atom. The highest BCUT2D eigenvalue weighted by Crippen LogP contribution is 2.16. The van der Waals surface area contributed by atoms with Crippen molar-refractivity contribution in [3.05, 3.63) is 57.2 Å². The fourth-order valence-corrected chi connectivity index (χ4v) is 2.68. The summed E-state index contributed by atoms with van der Waals surface area (Å²) in [6.45, 7) is 0.404. The van der Waals surface area contributed by atoms with Gasteiger partial charge in [-0.15, -0.1) is 11.3 Å². The third kappa shape index (κ3) is 1.91. The summed E-state index contributed by atoms with van der Waals surface area (Å²) in [5.41, 5.74) is 1.55. The molecule has 0 aromatic carbocycles. The summed E-state index contributed by atoms with van der Waals surface area (Å²) < 4.78 is 2.22. The summed E-state index contributed by atoms with van der Waals surface area (Å²) in [5.74, 6) is 0. The Morgan fingerprint density at radius 3 is 3.11 bits per heavy atom. The maximum Gasteiger partial charge on any atom is 0.271 e. The summed E-state index contributed by atoms with van der Waals surface area (Å²) in [5, 5.41) is 2.42. The Balaban J connectivity index is 2.08. The Labute approximate surface area is 112 Å². The van der Waals surface area contributed by atoms with Gasteiger partial charge in [0, 0.05) is 12.4 Å². The first-order chi connectivity index (χ1) is 8.75. The van der Waals surface area contributed by atoms with Crippen molar-refractivity contribution in [2.75, 3.05) is 0 Å². The topological polar surface area (TPSA) is 47.8 Å². The van der Waals surface area contributed by atoms with Crippen LogP contribution in [0, 0.1) is 0 Å². The number of thiophene rings is 1. The van der Waals surface area contributed by atoms with Crippen LogP contribution in [0.3, 0.4) is 0 Å². The van der Waals surface area contributed by atoms with Gasteiger partial charge in [0.15, 0.2) is 0 Å². The molecule has 0 spiro atoms. The predicted octanol–water partition coefficient (Wildman–Crippen LogP) is 2.55. The molecule has 0 fully saturated rings. The quantitative estimate of drug-likeness (QED) is 0.723. The Hall–Kier alpha value is -1.72. The van der Waals surface area contributed by atoms with Crippen LogP contribution in [0.25, 0.3) is 10.2 Å². The maximum absolute atomic E-state index is 12.2. The number of hydrogen-bond acceptors (Lipinski definition) is 4. The van der Waals surface area contributed by atoms with Gasteiger partial charge in [0.1, 0.15) is 4.70 Å². The Bertz CT molecular complexity index is 765. The predicted molar refractivity (Wildman–Crippen MR) is 72.2 cm³/mol. The zero-order valence-corrected chi connectivity index (χ0v) is 10.8. The molecule has 3 aromatic rings. The highest BCUT2D eigenvalue weighted by atomic mass is 35.5. The molecular formula is C12H8ClN3OS. The van der Waals surface area contributed by atoms with Gasteiger partial charge in [-0.3, -0.25) is 14.3 Å². The Morgan fingerprint density at radius 1 is 1.39 bits per heavy atom. The van der Waals surface area contributed by atoms with Crippen molar-refractivity contribution in [2.45, 2.75) is 6.54 Å². The van der Waals surface area contributed by atoms with E-state index in [-0.39, 0.29) is 5.56 Å². The van der Waals surface area contributed by atoms with Crippen LogP contribution < -0.4 is 5.56 Å². The van der Waals surface area contributed by atoms with Crippen LogP contribution in [-0.4, -0.2) is 14.5 Å². The smallest absolute Gasteiger partial charge is 0.271 e. The van der Waals surface area contributed by atoms with E-state index in [1.54, 1.807) is 29.4 Å². The number of aromatic nitrogens is 3. The number of rotatable bonds is 2. The minimum absolute atomic E-state index is 0.0390. The molecule has 0 radical (unpaired) electrons. The second-order valence-electron chi connectivity index (χ2n) is 3.78. The van der Waals surface area contributed by atoms with Crippen LogP contribution in [0.2, 0.25) is 5.02 Å². The van der Waals surface area contributed by atoms with E-state index in [2.05, 4.69) is 9.97 Å². The molecule has 0 saturated carbocycles. The molecule has 90 valence electrons. The van der Waals surface area contributed by atoms with Gasteiger partial charge < -0.3 is 0 Å². The van der Waals surface area contributed by atoms with Crippen molar-refractivity contribution < 1.29 is 0 Å². The van der Waals surface area contributed by atoms with Gasteiger partial charge in [0.25, 0.3) is 5.56 Å². The molecule has 0 aliphatic carbocycles. The number of hydrogen-bond donors (Lipinski definition) is 0. The maximum atomic E-state index is 12.2. The first-order valence-corrected chi connectivity index (χ1v) is 6.52. The lowest BCUT2D eigenvalue weighted by molar-refractivity contribution is 0.749. The Kier molecular flexibility index (Phi) is 2.85. The largest absolute Gasteiger partial charge is 0.293 e. The zero-order valence-electron chi connectivity index (χ0n) is 9.21. The van der Waals surface area contributed by atoms with E-state index < -0.39 is 0 Å². The van der Waals surface area contributed by atoms with Crippen LogP contribution >= 0.6 is 22.9 Å². The molecule has 18 heavy (non-hydrogen) atoms. The SMILES string of the molecule is O=c1c2sccc2ncn1Cc1ccncc1Cl. The summed E-state index contributed by atoms with van der Waals surface area (Å²) in [4.78, 5) is 20.3. The van der Waals surface area contributed by atoms with Gasteiger partial charge >= 0.3 is 0 Å². The molecule has 4 nitrogen and oxygen atoms in total. The monoisotopic (exact) mass is 277 g/mol. The van der Waals surface area contributed by atoms with E-state index in [1.807, 2.05) is 11.4 Å². The highest BCUT2D eigenvalue weighted by molar-refractivity contribution is 7.17. The lowest BCUT2D eigenvalue weighted by Gasteiger charge is -2.06. The van der Waals surface area contributed by atoms with Gasteiger partial charge in [0.05, 0.1) is 23.4 Å². The van der Waals surface area contributed by atoms with Crippen molar-refractivity contribution in [3.63, 3.8) is 0 Å². The third-order valence-electron chi connectivity index (χ3n) is 2.63. The van der Waals surface area contributed by atoms with Gasteiger partial charge in [-0.25, -0.2) is 4.98 Å². The first kappa shape index (κ1) is 11.4. The highest BCUT2D eigenvalue weighted by Gasteiger charge is 2.07. The molecule has 3 rings (SSSR count). The molecule has 0 atom stereocenters. The zero-order chi connectivity index (χ0) is 12.5. The lowest BCUT2D eigenvalue weighted by Crippen LogP contribution is -2.20. The molecule has 0 saturated heterocycles. The summed E-state index contributed by atoms with van der Waals surface area (Å²) in [7, 11) is 0. The van der Waals surface area contributed by atoms with Crippen LogP contribution in [-0.2, 0) is 6.54 Å². The van der Waals surface area contributed by atoms with Gasteiger partial charge in [0.2, 0.25) is 0 Å². The second kappa shape index (κ2) is 4.51. The van der Waals surface area contributed by atoms with Crippen molar-refractivity contribution in [3.8, 4) is 0 Å². The van der Waals surface area contributed by atoms with E-state index in [9.17, 15) is 4.79 Å². The minimum atomic E-state index is -0.0390. The second-order valence-corrected chi connectivity index (χ2v) is 5.10. The van der Waals surface area contributed by atoms with Crippen molar-refractivity contribution in [1.82, 2.24) is 14.5 Å². The number of nitrogens with zero attached hydrogens (tertiary/aromatic N) is 3. The standard InChI is InChI=1S/C12H8ClN3OS/c13-9-5-14-3-1-8(9)6-16-7-15-10-2-4-18-11(10)12(16)17/h1-5,7H,6H2.